The van der Waals surface area contributed by atoms with Gasteiger partial charge in [0.25, 0.3) is 0 Å². The molecule has 0 bridgehead atoms. The lowest BCUT2D eigenvalue weighted by atomic mass is 10.1. The van der Waals surface area contributed by atoms with E-state index in [-0.39, 0.29) is 0 Å². The van der Waals surface area contributed by atoms with Gasteiger partial charge in [-0.1, -0.05) is 0 Å². The van der Waals surface area contributed by atoms with E-state index in [2.05, 4.69) is 30.3 Å². The summed E-state index contributed by atoms with van der Waals surface area (Å²) in [5.41, 5.74) is -0.668. The topological polar surface area (TPSA) is 112 Å². The fraction of sp³-hybridized carbons (Fsp3) is 0.727. The minimum atomic E-state index is -3.28. The molecule has 0 unspecified atom stereocenters. The monoisotopic (exact) mass is 317 g/mol. The van der Waals surface area contributed by atoms with Gasteiger partial charge in [-0.25, -0.2) is 13.1 Å². The zero-order valence-corrected chi connectivity index (χ0v) is 14.0. The summed E-state index contributed by atoms with van der Waals surface area (Å²) in [6.45, 7) is 3.88. The van der Waals surface area contributed by atoms with Crippen molar-refractivity contribution in [3.05, 3.63) is 0 Å². The lowest BCUT2D eigenvalue weighted by Crippen LogP contribution is -2.48. The van der Waals surface area contributed by atoms with Crippen LogP contribution in [0.1, 0.15) is 13.8 Å². The molecule has 0 aliphatic carbocycles. The van der Waals surface area contributed by atoms with Gasteiger partial charge in [0.15, 0.2) is 0 Å². The van der Waals surface area contributed by atoms with Gasteiger partial charge >= 0.3 is 0 Å². The number of nitrogens with one attached hydrogen (secondary N) is 3. The fourth-order valence-corrected chi connectivity index (χ4v) is 2.67. The van der Waals surface area contributed by atoms with Gasteiger partial charge in [-0.3, -0.25) is 0 Å². The molecule has 0 fully saturated rings. The molecular formula is C11H23N7O2S. The van der Waals surface area contributed by atoms with Crippen LogP contribution in [0.3, 0.4) is 0 Å². The van der Waals surface area contributed by atoms with Crippen molar-refractivity contribution in [2.24, 2.45) is 0 Å². The molecule has 0 aliphatic heterocycles. The van der Waals surface area contributed by atoms with E-state index in [0.29, 0.717) is 24.4 Å². The molecule has 1 aromatic rings. The SMILES string of the molecule is CNc1nc(NCC(C)(C)NS(C)(=O)=O)nc(N(C)C)n1. The van der Waals surface area contributed by atoms with Crippen molar-refractivity contribution in [3.8, 4) is 0 Å². The van der Waals surface area contributed by atoms with E-state index < -0.39 is 15.6 Å². The van der Waals surface area contributed by atoms with E-state index in [1.165, 1.54) is 0 Å². The number of hydrogen-bond donors (Lipinski definition) is 3. The molecule has 21 heavy (non-hydrogen) atoms. The first-order valence-corrected chi connectivity index (χ1v) is 8.25. The Kier molecular flexibility index (Phi) is 5.29. The van der Waals surface area contributed by atoms with Crippen molar-refractivity contribution in [2.75, 3.05) is 49.5 Å². The summed E-state index contributed by atoms with van der Waals surface area (Å²) in [5.74, 6) is 1.32. The maximum atomic E-state index is 11.3. The number of aromatic nitrogens is 3. The summed E-state index contributed by atoms with van der Waals surface area (Å²) < 4.78 is 25.2. The fourth-order valence-electron chi connectivity index (χ4n) is 1.59. The molecule has 120 valence electrons. The second-order valence-electron chi connectivity index (χ2n) is 5.54. The van der Waals surface area contributed by atoms with E-state index in [1.54, 1.807) is 25.8 Å². The lowest BCUT2D eigenvalue weighted by molar-refractivity contribution is 0.475. The maximum Gasteiger partial charge on any atom is 0.231 e. The highest BCUT2D eigenvalue weighted by Gasteiger charge is 2.22. The third-order valence-corrected chi connectivity index (χ3v) is 3.32. The van der Waals surface area contributed by atoms with Crippen LogP contribution >= 0.6 is 0 Å². The van der Waals surface area contributed by atoms with Crippen molar-refractivity contribution in [1.29, 1.82) is 0 Å². The second-order valence-corrected chi connectivity index (χ2v) is 7.29. The van der Waals surface area contributed by atoms with Crippen LogP contribution in [-0.2, 0) is 10.0 Å². The Morgan fingerprint density at radius 3 is 2.19 bits per heavy atom. The highest BCUT2D eigenvalue weighted by Crippen LogP contribution is 2.12. The molecule has 0 atom stereocenters. The van der Waals surface area contributed by atoms with Crippen LogP contribution in [0.25, 0.3) is 0 Å². The highest BCUT2D eigenvalue weighted by molar-refractivity contribution is 7.88. The highest BCUT2D eigenvalue weighted by atomic mass is 32.2. The number of nitrogens with zero attached hydrogens (tertiary/aromatic N) is 4. The Labute approximate surface area is 125 Å². The van der Waals surface area contributed by atoms with Crippen molar-refractivity contribution >= 4 is 27.9 Å². The minimum absolute atomic E-state index is 0.333. The predicted octanol–water partition coefficient (Wildman–Crippen LogP) is -0.281. The van der Waals surface area contributed by atoms with E-state index in [9.17, 15) is 8.42 Å². The molecule has 1 rings (SSSR count). The predicted molar refractivity (Wildman–Crippen MR) is 84.2 cm³/mol. The molecule has 3 N–H and O–H groups in total. The third-order valence-electron chi connectivity index (χ3n) is 2.40. The Hall–Kier alpha value is -1.68. The van der Waals surface area contributed by atoms with Gasteiger partial charge in [-0.15, -0.1) is 0 Å². The molecule has 0 radical (unpaired) electrons. The number of rotatable bonds is 7. The second kappa shape index (κ2) is 6.39. The van der Waals surface area contributed by atoms with Crippen LogP contribution in [0.4, 0.5) is 17.8 Å². The Morgan fingerprint density at radius 2 is 1.71 bits per heavy atom. The summed E-state index contributed by atoms with van der Waals surface area (Å²) >= 11 is 0. The van der Waals surface area contributed by atoms with E-state index in [4.69, 9.17) is 0 Å². The largest absolute Gasteiger partial charge is 0.357 e. The maximum absolute atomic E-state index is 11.3. The van der Waals surface area contributed by atoms with Crippen LogP contribution in [0, 0.1) is 0 Å². The average Bonchev–Trinajstić information content (AvgIpc) is 2.33. The summed E-state index contributed by atoms with van der Waals surface area (Å²) in [6.07, 6.45) is 1.13. The zero-order chi connectivity index (χ0) is 16.3. The van der Waals surface area contributed by atoms with Crippen LogP contribution in [0.15, 0.2) is 0 Å². The lowest BCUT2D eigenvalue weighted by Gasteiger charge is -2.25. The summed E-state index contributed by atoms with van der Waals surface area (Å²) in [6, 6.07) is 0. The normalized spacial score (nSPS) is 12.1. The van der Waals surface area contributed by atoms with Crippen molar-refractivity contribution in [1.82, 2.24) is 19.7 Å². The minimum Gasteiger partial charge on any atom is -0.357 e. The van der Waals surface area contributed by atoms with Crippen molar-refractivity contribution in [2.45, 2.75) is 19.4 Å². The van der Waals surface area contributed by atoms with Gasteiger partial charge in [0.2, 0.25) is 27.9 Å². The third kappa shape index (κ3) is 6.08. The molecule has 0 aromatic carbocycles. The Balaban J connectivity index is 2.85. The molecule has 0 amide bonds. The number of hydrogen-bond acceptors (Lipinski definition) is 8. The number of anilines is 3. The van der Waals surface area contributed by atoms with Gasteiger partial charge in [0.05, 0.1) is 6.26 Å². The molecule has 0 saturated heterocycles. The van der Waals surface area contributed by atoms with Gasteiger partial charge in [0.1, 0.15) is 0 Å². The molecule has 10 heteroatoms. The first-order chi connectivity index (χ1) is 9.52. The quantitative estimate of drug-likeness (QED) is 0.629. The molecule has 1 heterocycles. The van der Waals surface area contributed by atoms with E-state index >= 15 is 0 Å². The van der Waals surface area contributed by atoms with Crippen LogP contribution in [-0.4, -0.2) is 62.9 Å². The molecule has 0 aliphatic rings. The molecule has 0 spiro atoms. The van der Waals surface area contributed by atoms with Crippen LogP contribution < -0.4 is 20.3 Å². The summed E-state index contributed by atoms with van der Waals surface area (Å²) in [7, 11) is 2.09. The average molecular weight is 317 g/mol. The summed E-state index contributed by atoms with van der Waals surface area (Å²) in [5, 5.41) is 5.88. The van der Waals surface area contributed by atoms with E-state index in [0.717, 1.165) is 6.26 Å². The standard InChI is InChI=1S/C11H23N7O2S/c1-11(2,17-21(6,19)20)7-13-9-14-8(12-3)15-10(16-9)18(4)5/h17H,7H2,1-6H3,(H2,12,13,14,15,16). The molecule has 0 saturated carbocycles. The molecule has 9 nitrogen and oxygen atoms in total. The molecular weight excluding hydrogens is 294 g/mol. The van der Waals surface area contributed by atoms with Crippen LogP contribution in [0.2, 0.25) is 0 Å². The van der Waals surface area contributed by atoms with Gasteiger partial charge in [0, 0.05) is 33.2 Å². The van der Waals surface area contributed by atoms with Crippen LogP contribution in [0.5, 0.6) is 0 Å². The summed E-state index contributed by atoms with van der Waals surface area (Å²) in [4.78, 5) is 14.4. The Morgan fingerprint density at radius 1 is 1.14 bits per heavy atom. The van der Waals surface area contributed by atoms with Gasteiger partial charge in [-0.2, -0.15) is 15.0 Å². The first kappa shape index (κ1) is 17.4. The zero-order valence-electron chi connectivity index (χ0n) is 13.2. The smallest absolute Gasteiger partial charge is 0.231 e. The molecule has 1 aromatic heterocycles. The van der Waals surface area contributed by atoms with Gasteiger partial charge in [-0.05, 0) is 13.8 Å². The Bertz CT molecular complexity index is 586. The van der Waals surface area contributed by atoms with E-state index in [1.807, 2.05) is 14.1 Å². The van der Waals surface area contributed by atoms with Gasteiger partial charge < -0.3 is 15.5 Å². The van der Waals surface area contributed by atoms with Crippen molar-refractivity contribution in [3.63, 3.8) is 0 Å². The van der Waals surface area contributed by atoms with Crippen molar-refractivity contribution < 1.29 is 8.42 Å². The first-order valence-electron chi connectivity index (χ1n) is 6.36. The number of sulfonamides is 1.